The fourth-order valence-corrected chi connectivity index (χ4v) is 2.81. The van der Waals surface area contributed by atoms with E-state index in [4.69, 9.17) is 0 Å². The Bertz CT molecular complexity index is 191. The smallest absolute Gasteiger partial charge is 0.0679 e. The second-order valence-corrected chi connectivity index (χ2v) is 5.50. The van der Waals surface area contributed by atoms with Crippen LogP contribution in [0.2, 0.25) is 0 Å². The van der Waals surface area contributed by atoms with Crippen LogP contribution in [-0.4, -0.2) is 35.2 Å². The molecule has 2 atom stereocenters. The van der Waals surface area contributed by atoms with Gasteiger partial charge in [-0.25, -0.2) is 0 Å². The van der Waals surface area contributed by atoms with E-state index in [1.165, 1.54) is 19.3 Å². The summed E-state index contributed by atoms with van der Waals surface area (Å²) in [4.78, 5) is 2.49. The number of aliphatic hydroxyl groups is 1. The molecule has 0 aromatic rings. The molecule has 1 saturated carbocycles. The Morgan fingerprint density at radius 2 is 2.08 bits per heavy atom. The highest BCUT2D eigenvalue weighted by Crippen LogP contribution is 2.40. The highest BCUT2D eigenvalue weighted by atomic mass is 16.3. The van der Waals surface area contributed by atoms with Gasteiger partial charge in [0.1, 0.15) is 0 Å². The van der Waals surface area contributed by atoms with Crippen LogP contribution in [0.15, 0.2) is 0 Å². The number of rotatable bonds is 1. The molecule has 1 unspecified atom stereocenters. The van der Waals surface area contributed by atoms with Gasteiger partial charge in [0, 0.05) is 19.1 Å². The summed E-state index contributed by atoms with van der Waals surface area (Å²) in [5, 5.41) is 9.45. The molecule has 2 fully saturated rings. The predicted octanol–water partition coefficient (Wildman–Crippen LogP) is 1.63. The van der Waals surface area contributed by atoms with Gasteiger partial charge < -0.3 is 5.11 Å². The van der Waals surface area contributed by atoms with Crippen molar-refractivity contribution in [2.45, 2.75) is 51.7 Å². The molecule has 2 rings (SSSR count). The molecule has 13 heavy (non-hydrogen) atoms. The van der Waals surface area contributed by atoms with Crippen LogP contribution < -0.4 is 0 Å². The third-order valence-electron chi connectivity index (χ3n) is 3.65. The molecule has 0 radical (unpaired) electrons. The van der Waals surface area contributed by atoms with E-state index >= 15 is 0 Å². The van der Waals surface area contributed by atoms with Gasteiger partial charge in [-0.3, -0.25) is 4.90 Å². The minimum Gasteiger partial charge on any atom is -0.392 e. The predicted molar refractivity (Wildman–Crippen MR) is 53.6 cm³/mol. The van der Waals surface area contributed by atoms with Crippen molar-refractivity contribution in [2.75, 3.05) is 13.1 Å². The number of hydrogen-bond acceptors (Lipinski definition) is 2. The lowest BCUT2D eigenvalue weighted by atomic mass is 9.91. The number of aliphatic hydroxyl groups excluding tert-OH is 1. The molecule has 1 saturated heterocycles. The Morgan fingerprint density at radius 3 is 2.54 bits per heavy atom. The molecule has 2 heteroatoms. The van der Waals surface area contributed by atoms with Crippen LogP contribution >= 0.6 is 0 Å². The summed E-state index contributed by atoms with van der Waals surface area (Å²) < 4.78 is 0. The summed E-state index contributed by atoms with van der Waals surface area (Å²) >= 11 is 0. The number of β-amino-alcohol motifs (C(OH)–C–C–N with tert-alkyl or cyclic N) is 1. The van der Waals surface area contributed by atoms with Crippen molar-refractivity contribution in [2.24, 2.45) is 5.41 Å². The van der Waals surface area contributed by atoms with Crippen LogP contribution in [0, 0.1) is 5.41 Å². The molecule has 0 spiro atoms. The number of likely N-dealkylation sites (tertiary alicyclic amines) is 1. The lowest BCUT2D eigenvalue weighted by Crippen LogP contribution is -2.32. The first-order chi connectivity index (χ1) is 6.07. The molecule has 0 amide bonds. The zero-order chi connectivity index (χ0) is 9.47. The monoisotopic (exact) mass is 183 g/mol. The average Bonchev–Trinajstić information content (AvgIpc) is 2.56. The first-order valence-electron chi connectivity index (χ1n) is 5.49. The molecule has 0 bridgehead atoms. The van der Waals surface area contributed by atoms with Crippen LogP contribution in [-0.2, 0) is 0 Å². The van der Waals surface area contributed by atoms with E-state index in [0.717, 1.165) is 25.6 Å². The Hall–Kier alpha value is -0.0800. The van der Waals surface area contributed by atoms with Crippen LogP contribution in [0.3, 0.4) is 0 Å². The minimum absolute atomic E-state index is 0.0521. The van der Waals surface area contributed by atoms with Gasteiger partial charge in [0.05, 0.1) is 6.10 Å². The molecule has 1 N–H and O–H groups in total. The fourth-order valence-electron chi connectivity index (χ4n) is 2.81. The molecule has 76 valence electrons. The maximum atomic E-state index is 9.45. The van der Waals surface area contributed by atoms with E-state index in [0.29, 0.717) is 5.41 Å². The van der Waals surface area contributed by atoms with Crippen LogP contribution in [0.5, 0.6) is 0 Å². The van der Waals surface area contributed by atoms with Crippen molar-refractivity contribution < 1.29 is 5.11 Å². The Morgan fingerprint density at radius 1 is 1.31 bits per heavy atom. The van der Waals surface area contributed by atoms with Crippen LogP contribution in [0.4, 0.5) is 0 Å². The van der Waals surface area contributed by atoms with Gasteiger partial charge in [-0.05, 0) is 31.1 Å². The first kappa shape index (κ1) is 9.47. The van der Waals surface area contributed by atoms with Crippen molar-refractivity contribution >= 4 is 0 Å². The van der Waals surface area contributed by atoms with Gasteiger partial charge in [0.25, 0.3) is 0 Å². The first-order valence-corrected chi connectivity index (χ1v) is 5.49. The van der Waals surface area contributed by atoms with E-state index in [1.807, 2.05) is 0 Å². The maximum absolute atomic E-state index is 9.45. The Labute approximate surface area is 80.9 Å². The number of nitrogens with zero attached hydrogens (tertiary/aromatic N) is 1. The largest absolute Gasteiger partial charge is 0.392 e. The summed E-state index contributed by atoms with van der Waals surface area (Å²) in [6.45, 7) is 6.75. The summed E-state index contributed by atoms with van der Waals surface area (Å²) in [5.74, 6) is 0. The molecular weight excluding hydrogens is 162 g/mol. The van der Waals surface area contributed by atoms with E-state index in [9.17, 15) is 5.11 Å². The second-order valence-electron chi connectivity index (χ2n) is 5.50. The second kappa shape index (κ2) is 3.25. The van der Waals surface area contributed by atoms with E-state index < -0.39 is 0 Å². The summed E-state index contributed by atoms with van der Waals surface area (Å²) in [7, 11) is 0. The van der Waals surface area contributed by atoms with Gasteiger partial charge >= 0.3 is 0 Å². The molecule has 2 aliphatic rings. The van der Waals surface area contributed by atoms with Crippen LogP contribution in [0.1, 0.15) is 39.5 Å². The minimum atomic E-state index is -0.0521. The SMILES string of the molecule is CC1(C)CCC(N2CC[C@H](O)C2)C1. The highest BCUT2D eigenvalue weighted by Gasteiger charge is 2.36. The third-order valence-corrected chi connectivity index (χ3v) is 3.65. The average molecular weight is 183 g/mol. The van der Waals surface area contributed by atoms with Crippen molar-refractivity contribution in [1.82, 2.24) is 4.90 Å². The maximum Gasteiger partial charge on any atom is 0.0679 e. The summed E-state index contributed by atoms with van der Waals surface area (Å²) in [5.41, 5.74) is 0.540. The highest BCUT2D eigenvalue weighted by molar-refractivity contribution is 4.90. The molecule has 1 heterocycles. The van der Waals surface area contributed by atoms with Crippen molar-refractivity contribution in [3.05, 3.63) is 0 Å². The zero-order valence-electron chi connectivity index (χ0n) is 8.79. The lowest BCUT2D eigenvalue weighted by Gasteiger charge is -2.25. The Kier molecular flexibility index (Phi) is 2.37. The number of hydrogen-bond donors (Lipinski definition) is 1. The van der Waals surface area contributed by atoms with Crippen molar-refractivity contribution in [3.63, 3.8) is 0 Å². The van der Waals surface area contributed by atoms with Crippen molar-refractivity contribution in [1.29, 1.82) is 0 Å². The summed E-state index contributed by atoms with van der Waals surface area (Å²) in [6.07, 6.45) is 4.93. The van der Waals surface area contributed by atoms with Gasteiger partial charge in [-0.1, -0.05) is 13.8 Å². The van der Waals surface area contributed by atoms with E-state index in [-0.39, 0.29) is 6.10 Å². The fraction of sp³-hybridized carbons (Fsp3) is 1.00. The molecular formula is C11H21NO. The van der Waals surface area contributed by atoms with Gasteiger partial charge in [0.15, 0.2) is 0 Å². The zero-order valence-corrected chi connectivity index (χ0v) is 8.79. The molecule has 0 aromatic heterocycles. The van der Waals surface area contributed by atoms with Crippen LogP contribution in [0.25, 0.3) is 0 Å². The van der Waals surface area contributed by atoms with Crippen molar-refractivity contribution in [3.8, 4) is 0 Å². The van der Waals surface area contributed by atoms with Gasteiger partial charge in [-0.2, -0.15) is 0 Å². The Balaban J connectivity index is 1.89. The lowest BCUT2D eigenvalue weighted by molar-refractivity contribution is 0.156. The summed E-state index contributed by atoms with van der Waals surface area (Å²) in [6, 6.07) is 0.757. The molecule has 1 aliphatic carbocycles. The normalized spacial score (nSPS) is 39.9. The van der Waals surface area contributed by atoms with Gasteiger partial charge in [0.2, 0.25) is 0 Å². The topological polar surface area (TPSA) is 23.5 Å². The third kappa shape index (κ3) is 2.05. The van der Waals surface area contributed by atoms with E-state index in [1.54, 1.807) is 0 Å². The van der Waals surface area contributed by atoms with E-state index in [2.05, 4.69) is 18.7 Å². The molecule has 2 nitrogen and oxygen atoms in total. The van der Waals surface area contributed by atoms with Gasteiger partial charge in [-0.15, -0.1) is 0 Å². The standard InChI is InChI=1S/C11H21NO/c1-11(2)5-3-9(7-11)12-6-4-10(13)8-12/h9-10,13H,3-8H2,1-2H3/t9?,10-/m0/s1. The molecule has 0 aromatic carbocycles. The molecule has 1 aliphatic heterocycles. The quantitative estimate of drug-likeness (QED) is 0.668.